The zero-order chi connectivity index (χ0) is 23.0. The summed E-state index contributed by atoms with van der Waals surface area (Å²) in [6.45, 7) is 2.69. The van der Waals surface area contributed by atoms with Crippen LogP contribution in [-0.2, 0) is 9.53 Å². The van der Waals surface area contributed by atoms with E-state index in [0.29, 0.717) is 24.9 Å². The van der Waals surface area contributed by atoms with Crippen LogP contribution in [0.15, 0.2) is 71.2 Å². The van der Waals surface area contributed by atoms with E-state index in [1.807, 2.05) is 54.6 Å². The predicted molar refractivity (Wildman–Crippen MR) is 131 cm³/mol. The van der Waals surface area contributed by atoms with Crippen LogP contribution in [-0.4, -0.2) is 39.3 Å². The molecule has 2 aromatic carbocycles. The highest BCUT2D eigenvalue weighted by Crippen LogP contribution is 2.30. The summed E-state index contributed by atoms with van der Waals surface area (Å²) in [7, 11) is 0. The van der Waals surface area contributed by atoms with E-state index in [4.69, 9.17) is 9.47 Å². The van der Waals surface area contributed by atoms with Gasteiger partial charge in [0.2, 0.25) is 0 Å². The number of nitrogens with zero attached hydrogens (tertiary/aromatic N) is 3. The van der Waals surface area contributed by atoms with Crippen LogP contribution >= 0.6 is 15.9 Å². The van der Waals surface area contributed by atoms with Gasteiger partial charge in [0, 0.05) is 17.0 Å². The lowest BCUT2D eigenvalue weighted by Crippen LogP contribution is -2.04. The molecule has 0 unspecified atom stereocenters. The molecule has 2 heterocycles. The first-order chi connectivity index (χ1) is 16.1. The first-order valence-corrected chi connectivity index (χ1v) is 11.4. The number of pyridine rings is 1. The Morgan fingerprint density at radius 3 is 2.76 bits per heavy atom. The van der Waals surface area contributed by atoms with E-state index in [2.05, 4.69) is 36.1 Å². The largest absolute Gasteiger partial charge is 0.492 e. The van der Waals surface area contributed by atoms with Gasteiger partial charge in [0.1, 0.15) is 11.4 Å². The zero-order valence-electron chi connectivity index (χ0n) is 18.1. The molecule has 0 amide bonds. The molecule has 0 bridgehead atoms. The highest BCUT2D eigenvalue weighted by Gasteiger charge is 2.12. The highest BCUT2D eigenvalue weighted by molar-refractivity contribution is 9.10. The average Bonchev–Trinajstić information content (AvgIpc) is 3.32. The minimum atomic E-state index is -0.316. The number of halogens is 1. The van der Waals surface area contributed by atoms with Crippen molar-refractivity contribution in [1.29, 1.82) is 0 Å². The SMILES string of the molecule is C/C=C/C(=O)OCCCCOc1ccc(-c2n[nH]c(-c3ccc4ccccc4n3)n2)cc1Br. The molecule has 168 valence electrons. The van der Waals surface area contributed by atoms with E-state index in [9.17, 15) is 4.79 Å². The van der Waals surface area contributed by atoms with Crippen LogP contribution in [0.5, 0.6) is 5.75 Å². The lowest BCUT2D eigenvalue weighted by molar-refractivity contribution is -0.137. The lowest BCUT2D eigenvalue weighted by atomic mass is 10.2. The number of ether oxygens (including phenoxy) is 2. The van der Waals surface area contributed by atoms with Crippen molar-refractivity contribution in [1.82, 2.24) is 20.2 Å². The number of fused-ring (bicyclic) bond motifs is 1. The molecular formula is C25H23BrN4O3. The first kappa shape index (κ1) is 22.7. The van der Waals surface area contributed by atoms with Gasteiger partial charge in [-0.2, -0.15) is 5.10 Å². The maximum absolute atomic E-state index is 11.3. The Labute approximate surface area is 200 Å². The number of esters is 1. The minimum Gasteiger partial charge on any atom is -0.492 e. The molecule has 7 nitrogen and oxygen atoms in total. The summed E-state index contributed by atoms with van der Waals surface area (Å²) in [4.78, 5) is 20.5. The summed E-state index contributed by atoms with van der Waals surface area (Å²) in [5, 5.41) is 8.41. The fourth-order valence-corrected chi connectivity index (χ4v) is 3.70. The monoisotopic (exact) mass is 506 g/mol. The van der Waals surface area contributed by atoms with Crippen LogP contribution in [0.2, 0.25) is 0 Å². The van der Waals surface area contributed by atoms with Gasteiger partial charge >= 0.3 is 5.97 Å². The number of carbonyl (C=O) groups excluding carboxylic acids is 1. The molecule has 1 N–H and O–H groups in total. The molecule has 0 aliphatic heterocycles. The number of hydrogen-bond acceptors (Lipinski definition) is 6. The molecular weight excluding hydrogens is 484 g/mol. The quantitative estimate of drug-likeness (QED) is 0.177. The van der Waals surface area contributed by atoms with Crippen molar-refractivity contribution < 1.29 is 14.3 Å². The molecule has 0 aliphatic carbocycles. The van der Waals surface area contributed by atoms with Crippen molar-refractivity contribution in [3.05, 3.63) is 71.2 Å². The first-order valence-electron chi connectivity index (χ1n) is 10.6. The van der Waals surface area contributed by atoms with Gasteiger partial charge in [-0.3, -0.25) is 5.10 Å². The Morgan fingerprint density at radius 1 is 1.06 bits per heavy atom. The second-order valence-corrected chi connectivity index (χ2v) is 8.12. The van der Waals surface area contributed by atoms with E-state index in [0.717, 1.165) is 45.2 Å². The number of nitrogens with one attached hydrogen (secondary N) is 1. The number of unbranched alkanes of at least 4 members (excludes halogenated alkanes) is 1. The number of carbonyl (C=O) groups is 1. The molecule has 0 atom stereocenters. The molecule has 0 fully saturated rings. The molecule has 0 saturated carbocycles. The van der Waals surface area contributed by atoms with Gasteiger partial charge in [0.25, 0.3) is 0 Å². The molecule has 0 saturated heterocycles. The third-order valence-electron chi connectivity index (χ3n) is 4.86. The second kappa shape index (κ2) is 10.9. The van der Waals surface area contributed by atoms with Gasteiger partial charge in [0.15, 0.2) is 11.6 Å². The fraction of sp³-hybridized carbons (Fsp3) is 0.200. The van der Waals surface area contributed by atoms with Gasteiger partial charge in [-0.15, -0.1) is 0 Å². The van der Waals surface area contributed by atoms with Crippen molar-refractivity contribution in [3.8, 4) is 28.7 Å². The van der Waals surface area contributed by atoms with E-state index in [-0.39, 0.29) is 5.97 Å². The summed E-state index contributed by atoms with van der Waals surface area (Å²) in [6, 6.07) is 17.6. The van der Waals surface area contributed by atoms with E-state index in [1.54, 1.807) is 13.0 Å². The molecule has 4 aromatic rings. The van der Waals surface area contributed by atoms with E-state index in [1.165, 1.54) is 6.08 Å². The number of hydrogen-bond donors (Lipinski definition) is 1. The van der Waals surface area contributed by atoms with Gasteiger partial charge in [-0.05, 0) is 66.0 Å². The topological polar surface area (TPSA) is 90.0 Å². The minimum absolute atomic E-state index is 0.316. The molecule has 0 radical (unpaired) electrons. The van der Waals surface area contributed by atoms with Gasteiger partial charge in [0.05, 0.1) is 23.2 Å². The Morgan fingerprint density at radius 2 is 1.91 bits per heavy atom. The number of allylic oxidation sites excluding steroid dienone is 1. The van der Waals surface area contributed by atoms with Crippen LogP contribution < -0.4 is 4.74 Å². The van der Waals surface area contributed by atoms with Crippen molar-refractivity contribution in [3.63, 3.8) is 0 Å². The lowest BCUT2D eigenvalue weighted by Gasteiger charge is -2.09. The van der Waals surface area contributed by atoms with Crippen LogP contribution in [0.4, 0.5) is 0 Å². The summed E-state index contributed by atoms with van der Waals surface area (Å²) < 4.78 is 11.7. The average molecular weight is 507 g/mol. The summed E-state index contributed by atoms with van der Waals surface area (Å²) in [5.41, 5.74) is 2.50. The predicted octanol–water partition coefficient (Wildman–Crippen LogP) is 5.73. The van der Waals surface area contributed by atoms with Gasteiger partial charge in [-0.1, -0.05) is 30.3 Å². The number of para-hydroxylation sites is 1. The maximum atomic E-state index is 11.3. The van der Waals surface area contributed by atoms with Crippen LogP contribution in [0.1, 0.15) is 19.8 Å². The van der Waals surface area contributed by atoms with Crippen molar-refractivity contribution in [2.24, 2.45) is 0 Å². The smallest absolute Gasteiger partial charge is 0.330 e. The van der Waals surface area contributed by atoms with Crippen LogP contribution in [0.25, 0.3) is 33.8 Å². The molecule has 0 spiro atoms. The molecule has 33 heavy (non-hydrogen) atoms. The van der Waals surface area contributed by atoms with Crippen LogP contribution in [0, 0.1) is 0 Å². The number of aromatic nitrogens is 4. The number of rotatable bonds is 9. The zero-order valence-corrected chi connectivity index (χ0v) is 19.7. The molecule has 4 rings (SSSR count). The summed E-state index contributed by atoms with van der Waals surface area (Å²) in [6.07, 6.45) is 4.58. The highest BCUT2D eigenvalue weighted by atomic mass is 79.9. The third-order valence-corrected chi connectivity index (χ3v) is 5.48. The number of benzene rings is 2. The summed E-state index contributed by atoms with van der Waals surface area (Å²) in [5.74, 6) is 1.61. The molecule has 8 heteroatoms. The van der Waals surface area contributed by atoms with Crippen molar-refractivity contribution in [2.45, 2.75) is 19.8 Å². The number of aromatic amines is 1. The van der Waals surface area contributed by atoms with Crippen molar-refractivity contribution >= 4 is 32.8 Å². The second-order valence-electron chi connectivity index (χ2n) is 7.27. The maximum Gasteiger partial charge on any atom is 0.330 e. The molecule has 2 aromatic heterocycles. The Kier molecular flexibility index (Phi) is 7.47. The molecule has 0 aliphatic rings. The number of H-pyrrole nitrogens is 1. The normalized spacial score (nSPS) is 11.2. The fourth-order valence-electron chi connectivity index (χ4n) is 3.20. The van der Waals surface area contributed by atoms with Crippen molar-refractivity contribution in [2.75, 3.05) is 13.2 Å². The third kappa shape index (κ3) is 5.84. The Bertz CT molecular complexity index is 1290. The van der Waals surface area contributed by atoms with Gasteiger partial charge < -0.3 is 9.47 Å². The van der Waals surface area contributed by atoms with E-state index < -0.39 is 0 Å². The Hall–Kier alpha value is -3.52. The van der Waals surface area contributed by atoms with E-state index >= 15 is 0 Å². The Balaban J connectivity index is 1.35. The standard InChI is InChI=1S/C25H23BrN4O3/c1-2-7-23(31)33-15-6-5-14-32-22-13-11-18(16-19(22)26)24-28-25(30-29-24)21-12-10-17-8-3-4-9-20(17)27-21/h2-4,7-13,16H,5-6,14-15H2,1H3,(H,28,29,30)/b7-2+. The summed E-state index contributed by atoms with van der Waals surface area (Å²) >= 11 is 3.56. The van der Waals surface area contributed by atoms with Gasteiger partial charge in [-0.25, -0.2) is 14.8 Å². The van der Waals surface area contributed by atoms with Crippen LogP contribution in [0.3, 0.4) is 0 Å².